The molecule has 0 aliphatic heterocycles. The van der Waals surface area contributed by atoms with Gasteiger partial charge in [0, 0.05) is 0 Å². The molecule has 0 aliphatic rings. The molecule has 15 heavy (non-hydrogen) atoms. The summed E-state index contributed by atoms with van der Waals surface area (Å²) in [7, 11) is 0. The Kier molecular flexibility index (Phi) is 34.6. The van der Waals surface area contributed by atoms with Gasteiger partial charge in [-0.05, 0) is 0 Å². The Balaban J connectivity index is -0.0000000370. The minimum atomic E-state index is -2.19. The van der Waals surface area contributed by atoms with Crippen LogP contribution in [-0.2, 0) is 19.2 Å². The number of carboxylic acids is 4. The number of hydrogen-bond donors (Lipinski definition) is 0. The van der Waals surface area contributed by atoms with Crippen molar-refractivity contribution in [3.63, 3.8) is 0 Å². The van der Waals surface area contributed by atoms with Crippen LogP contribution in [0.5, 0.6) is 0 Å². The maximum atomic E-state index is 8.93. The first-order valence-corrected chi connectivity index (χ1v) is 2.13. The van der Waals surface area contributed by atoms with Gasteiger partial charge >= 0.3 is 97.5 Å². The molecule has 68 valence electrons. The van der Waals surface area contributed by atoms with Gasteiger partial charge in [-0.2, -0.15) is 0 Å². The fraction of sp³-hybridized carbons (Fsp3) is 0. The summed E-state index contributed by atoms with van der Waals surface area (Å²) in [5.41, 5.74) is 0. The van der Waals surface area contributed by atoms with Crippen molar-refractivity contribution in [1.82, 2.24) is 0 Å². The van der Waals surface area contributed by atoms with Gasteiger partial charge in [0.05, 0.1) is 23.9 Å². The number of carbonyl (C=O) groups is 4. The molecular formula is C4KMg2O8+. The van der Waals surface area contributed by atoms with Crippen LogP contribution in [0, 0.1) is 0 Å². The third-order valence-corrected chi connectivity index (χ3v) is 0.333. The van der Waals surface area contributed by atoms with Gasteiger partial charge in [0.2, 0.25) is 0 Å². The maximum absolute atomic E-state index is 8.93. The topological polar surface area (TPSA) is 161 Å². The zero-order chi connectivity index (χ0) is 10.3. The summed E-state index contributed by atoms with van der Waals surface area (Å²) < 4.78 is 0. The molecule has 0 bridgehead atoms. The molecule has 0 radical (unpaired) electrons. The Morgan fingerprint density at radius 1 is 0.533 bits per heavy atom. The summed E-state index contributed by atoms with van der Waals surface area (Å²) in [6.07, 6.45) is 0. The molecule has 0 rings (SSSR count). The summed E-state index contributed by atoms with van der Waals surface area (Å²) in [4.78, 5) is 35.7. The smallest absolute Gasteiger partial charge is 0.543 e. The molecule has 0 atom stereocenters. The molecule has 0 saturated heterocycles. The quantitative estimate of drug-likeness (QED) is 0.307. The molecule has 0 spiro atoms. The SMILES string of the molecule is O=C([O-])C(=O)[O-].O=C([O-])C(=O)[O-].[K+].[Mg+2].[Mg+2]. The Hall–Kier alpha value is 1.05. The van der Waals surface area contributed by atoms with Gasteiger partial charge in [-0.25, -0.2) is 0 Å². The van der Waals surface area contributed by atoms with Crippen molar-refractivity contribution in [1.29, 1.82) is 0 Å². The predicted octanol–water partition coefficient (Wildman–Crippen LogP) is -10.8. The summed E-state index contributed by atoms with van der Waals surface area (Å²) >= 11 is 0. The second-order valence-electron chi connectivity index (χ2n) is 1.15. The van der Waals surface area contributed by atoms with E-state index in [4.69, 9.17) is 39.6 Å². The van der Waals surface area contributed by atoms with Crippen molar-refractivity contribution in [3.8, 4) is 0 Å². The van der Waals surface area contributed by atoms with Crippen LogP contribution < -0.4 is 71.8 Å². The second kappa shape index (κ2) is 17.4. The minimum absolute atomic E-state index is 0. The zero-order valence-corrected chi connectivity index (χ0v) is 13.6. The molecule has 0 aromatic rings. The molecule has 11 heteroatoms. The van der Waals surface area contributed by atoms with E-state index in [0.29, 0.717) is 0 Å². The fourth-order valence-electron chi connectivity index (χ4n) is 0. The van der Waals surface area contributed by atoms with Crippen LogP contribution in [-0.4, -0.2) is 70.0 Å². The third kappa shape index (κ3) is 31.3. The molecule has 0 saturated carbocycles. The Labute approximate surface area is 158 Å². The number of carboxylic acid groups (broad SMARTS) is 4. The number of hydrogen-bond acceptors (Lipinski definition) is 8. The van der Waals surface area contributed by atoms with Crippen molar-refractivity contribution in [2.24, 2.45) is 0 Å². The second-order valence-corrected chi connectivity index (χ2v) is 1.15. The summed E-state index contributed by atoms with van der Waals surface area (Å²) in [6, 6.07) is 0. The number of carbonyl (C=O) groups excluding carboxylic acids is 4. The van der Waals surface area contributed by atoms with Gasteiger partial charge in [0.15, 0.2) is 0 Å². The van der Waals surface area contributed by atoms with E-state index < -0.39 is 23.9 Å². The first-order chi connectivity index (χ1) is 5.29. The van der Waals surface area contributed by atoms with Gasteiger partial charge in [-0.15, -0.1) is 0 Å². The van der Waals surface area contributed by atoms with Crippen LogP contribution >= 0.6 is 0 Å². The standard InChI is InChI=1S/2C2H2O4.K.2Mg/c2*3-1(4)2(5)6;;;/h2*(H,3,4)(H,5,6);;;/q;;+1;2*+2/p-4. The third-order valence-electron chi connectivity index (χ3n) is 0.333. The average molecular weight is 264 g/mol. The molecule has 0 aromatic carbocycles. The Morgan fingerprint density at radius 3 is 0.600 bits per heavy atom. The van der Waals surface area contributed by atoms with Crippen LogP contribution in [0.15, 0.2) is 0 Å². The molecule has 0 amide bonds. The van der Waals surface area contributed by atoms with Crippen molar-refractivity contribution >= 4 is 70.0 Å². The normalized spacial score (nSPS) is 5.87. The van der Waals surface area contributed by atoms with Crippen LogP contribution in [0.25, 0.3) is 0 Å². The van der Waals surface area contributed by atoms with E-state index in [1.54, 1.807) is 0 Å². The van der Waals surface area contributed by atoms with Crippen molar-refractivity contribution in [3.05, 3.63) is 0 Å². The van der Waals surface area contributed by atoms with Crippen LogP contribution in [0.3, 0.4) is 0 Å². The van der Waals surface area contributed by atoms with Crippen LogP contribution in [0.1, 0.15) is 0 Å². The summed E-state index contributed by atoms with van der Waals surface area (Å²) in [6.45, 7) is 0. The van der Waals surface area contributed by atoms with E-state index in [1.165, 1.54) is 0 Å². The van der Waals surface area contributed by atoms with E-state index in [0.717, 1.165) is 0 Å². The molecule has 0 N–H and O–H groups in total. The van der Waals surface area contributed by atoms with Crippen molar-refractivity contribution in [2.75, 3.05) is 0 Å². The number of aliphatic carboxylic acids is 4. The van der Waals surface area contributed by atoms with Crippen molar-refractivity contribution in [2.45, 2.75) is 0 Å². The predicted molar refractivity (Wildman–Crippen MR) is 31.5 cm³/mol. The molecule has 0 aromatic heterocycles. The molecule has 0 unspecified atom stereocenters. The van der Waals surface area contributed by atoms with E-state index in [1.807, 2.05) is 0 Å². The van der Waals surface area contributed by atoms with Gasteiger partial charge in [0.1, 0.15) is 0 Å². The maximum Gasteiger partial charge on any atom is 2.00 e. The largest absolute Gasteiger partial charge is 2.00 e. The number of rotatable bonds is 0. The average Bonchev–Trinajstić information content (AvgIpc) is 1.88. The first-order valence-electron chi connectivity index (χ1n) is 2.13. The van der Waals surface area contributed by atoms with Gasteiger partial charge in [0.25, 0.3) is 0 Å². The molecule has 0 aliphatic carbocycles. The van der Waals surface area contributed by atoms with Gasteiger partial charge in [-0.3, -0.25) is 0 Å². The fourth-order valence-corrected chi connectivity index (χ4v) is 0. The summed E-state index contributed by atoms with van der Waals surface area (Å²) in [5.74, 6) is -8.74. The minimum Gasteiger partial charge on any atom is -0.543 e. The van der Waals surface area contributed by atoms with E-state index >= 15 is 0 Å². The van der Waals surface area contributed by atoms with E-state index in [-0.39, 0.29) is 97.5 Å². The molecular weight excluding hydrogens is 264 g/mol. The first kappa shape index (κ1) is 29.8. The zero-order valence-electron chi connectivity index (χ0n) is 7.68. The van der Waals surface area contributed by atoms with Crippen LogP contribution in [0.4, 0.5) is 0 Å². The van der Waals surface area contributed by atoms with E-state index in [2.05, 4.69) is 0 Å². The molecule has 0 heterocycles. The van der Waals surface area contributed by atoms with Gasteiger partial charge in [-0.1, -0.05) is 0 Å². The van der Waals surface area contributed by atoms with Crippen LogP contribution in [0.2, 0.25) is 0 Å². The molecule has 8 nitrogen and oxygen atoms in total. The molecule has 0 fully saturated rings. The van der Waals surface area contributed by atoms with Gasteiger partial charge < -0.3 is 39.6 Å². The summed E-state index contributed by atoms with van der Waals surface area (Å²) in [5, 5.41) is 35.7. The van der Waals surface area contributed by atoms with E-state index in [9.17, 15) is 0 Å². The Morgan fingerprint density at radius 2 is 0.600 bits per heavy atom. The van der Waals surface area contributed by atoms with Crippen molar-refractivity contribution < 1.29 is 91.0 Å². The Bertz CT molecular complexity index is 181. The monoisotopic (exact) mass is 263 g/mol.